The predicted molar refractivity (Wildman–Crippen MR) is 166 cm³/mol. The molecule has 0 aliphatic rings. The highest BCUT2D eigenvalue weighted by molar-refractivity contribution is 6.79. The number of hydrogen-bond acceptors (Lipinski definition) is 3. The van der Waals surface area contributed by atoms with Crippen molar-refractivity contribution in [3.8, 4) is 0 Å². The zero-order valence-electron chi connectivity index (χ0n) is 25.9. The molecule has 1 N–H and O–H groups in total. The molecule has 7 heteroatoms. The fourth-order valence-corrected chi connectivity index (χ4v) is 8.25. The van der Waals surface area contributed by atoms with E-state index in [1.165, 1.54) is 16.5 Å². The van der Waals surface area contributed by atoms with Crippen LogP contribution in [-0.4, -0.2) is 41.0 Å². The third-order valence-electron chi connectivity index (χ3n) is 9.51. The van der Waals surface area contributed by atoms with E-state index in [9.17, 15) is 4.79 Å². The standard InChI is InChI=1S/C29H54N2O2Si3/c1-27(2,3)34(10,11)30-24(26(32)33-36(14,15)29(7,8)9)20-22-21-31(35(12,13)28(4,5)6)25-19-17-16-18-23(22)25/h16-19,21,24,30H,20H2,1-15H3. The molecule has 0 bridgehead atoms. The number of aromatic nitrogens is 1. The molecule has 2 rings (SSSR count). The number of carbonyl (C=O) groups is 1. The summed E-state index contributed by atoms with van der Waals surface area (Å²) in [5.41, 5.74) is 2.52. The summed E-state index contributed by atoms with van der Waals surface area (Å²) in [6.45, 7) is 34.4. The van der Waals surface area contributed by atoms with Gasteiger partial charge in [-0.25, -0.2) is 0 Å². The third kappa shape index (κ3) is 6.28. The van der Waals surface area contributed by atoms with Crippen molar-refractivity contribution in [1.82, 2.24) is 9.22 Å². The molecule has 0 amide bonds. The van der Waals surface area contributed by atoms with Gasteiger partial charge < -0.3 is 13.6 Å². The first kappa shape index (κ1) is 31.1. The third-order valence-corrected chi connectivity index (χ3v) is 23.9. The highest BCUT2D eigenvalue weighted by atomic mass is 28.4. The first-order chi connectivity index (χ1) is 15.9. The lowest BCUT2D eigenvalue weighted by Gasteiger charge is -2.41. The molecule has 0 saturated heterocycles. The molecule has 0 saturated carbocycles. The monoisotopic (exact) mass is 546 g/mol. The second-order valence-corrected chi connectivity index (χ2v) is 30.2. The first-order valence-corrected chi connectivity index (χ1v) is 22.4. The summed E-state index contributed by atoms with van der Waals surface area (Å²) >= 11 is 0. The number of para-hydroxylation sites is 1. The Bertz CT molecular complexity index is 1080. The highest BCUT2D eigenvalue weighted by Gasteiger charge is 2.45. The maximum absolute atomic E-state index is 13.9. The topological polar surface area (TPSA) is 43.3 Å². The molecule has 1 atom stereocenters. The molecule has 1 aromatic carbocycles. The van der Waals surface area contributed by atoms with Crippen molar-refractivity contribution in [2.75, 3.05) is 0 Å². The van der Waals surface area contributed by atoms with E-state index >= 15 is 0 Å². The fraction of sp³-hybridized carbons (Fsp3) is 0.690. The van der Waals surface area contributed by atoms with Gasteiger partial charge in [0.2, 0.25) is 0 Å². The lowest BCUT2D eigenvalue weighted by Crippen LogP contribution is -2.60. The van der Waals surface area contributed by atoms with E-state index in [1.54, 1.807) is 0 Å². The van der Waals surface area contributed by atoms with E-state index in [1.807, 2.05) is 0 Å². The minimum atomic E-state index is -2.24. The van der Waals surface area contributed by atoms with Crippen LogP contribution in [0.5, 0.6) is 0 Å². The van der Waals surface area contributed by atoms with Crippen LogP contribution in [0.2, 0.25) is 54.4 Å². The van der Waals surface area contributed by atoms with Crippen LogP contribution in [0, 0.1) is 0 Å². The molecule has 1 aromatic heterocycles. The van der Waals surface area contributed by atoms with Crippen LogP contribution in [-0.2, 0) is 15.6 Å². The second kappa shape index (κ2) is 9.86. The SMILES string of the molecule is CC(C)(C)[Si](C)(C)NC(Cc1cn([Si](C)(C)C(C)(C)C)c2ccccc12)C(=O)O[Si](C)(C)C(C)(C)C. The summed E-state index contributed by atoms with van der Waals surface area (Å²) < 4.78 is 8.95. The van der Waals surface area contributed by atoms with E-state index in [0.29, 0.717) is 6.42 Å². The molecule has 36 heavy (non-hydrogen) atoms. The molecule has 204 valence electrons. The molecule has 4 nitrogen and oxygen atoms in total. The average Bonchev–Trinajstić information content (AvgIpc) is 3.03. The summed E-state index contributed by atoms with van der Waals surface area (Å²) in [7, 11) is -6.06. The zero-order chi connectivity index (χ0) is 28.1. The Kier molecular flexibility index (Phi) is 8.51. The Morgan fingerprint density at radius 1 is 0.861 bits per heavy atom. The van der Waals surface area contributed by atoms with Crippen molar-refractivity contribution >= 4 is 41.7 Å². The maximum atomic E-state index is 13.9. The quantitative estimate of drug-likeness (QED) is 0.354. The Balaban J connectivity index is 2.61. The number of hydrogen-bond donors (Lipinski definition) is 1. The Hall–Kier alpha value is -1.16. The molecule has 1 unspecified atom stereocenters. The van der Waals surface area contributed by atoms with Gasteiger partial charge in [-0.3, -0.25) is 4.79 Å². The van der Waals surface area contributed by atoms with Crippen molar-refractivity contribution in [3.05, 3.63) is 36.0 Å². The van der Waals surface area contributed by atoms with E-state index in [0.717, 1.165) is 0 Å². The molecule has 0 fully saturated rings. The fourth-order valence-electron chi connectivity index (χ4n) is 3.78. The molecule has 0 aliphatic heterocycles. The van der Waals surface area contributed by atoms with Gasteiger partial charge in [-0.05, 0) is 52.5 Å². The van der Waals surface area contributed by atoms with Gasteiger partial charge in [0, 0.05) is 10.9 Å². The summed E-state index contributed by atoms with van der Waals surface area (Å²) in [6.07, 6.45) is 2.99. The minimum absolute atomic E-state index is 0.0253. The summed E-state index contributed by atoms with van der Waals surface area (Å²) in [4.78, 5) is 17.8. The van der Waals surface area contributed by atoms with Crippen LogP contribution in [0.1, 0.15) is 67.9 Å². The summed E-state index contributed by atoms with van der Waals surface area (Å²) in [5, 5.41) is 1.54. The zero-order valence-corrected chi connectivity index (χ0v) is 28.9. The Labute approximate surface area is 224 Å². The first-order valence-electron chi connectivity index (χ1n) is 13.5. The number of nitrogens with one attached hydrogen (secondary N) is 1. The van der Waals surface area contributed by atoms with Crippen LogP contribution < -0.4 is 4.98 Å². The van der Waals surface area contributed by atoms with Crippen LogP contribution in [0.4, 0.5) is 0 Å². The van der Waals surface area contributed by atoms with Crippen molar-refractivity contribution in [2.45, 2.75) is 129 Å². The lowest BCUT2D eigenvalue weighted by atomic mass is 10.1. The Morgan fingerprint density at radius 2 is 1.39 bits per heavy atom. The van der Waals surface area contributed by atoms with E-state index in [4.69, 9.17) is 4.43 Å². The normalized spacial score (nSPS) is 15.3. The van der Waals surface area contributed by atoms with Crippen molar-refractivity contribution in [1.29, 1.82) is 0 Å². The number of fused-ring (bicyclic) bond motifs is 1. The lowest BCUT2D eigenvalue weighted by molar-refractivity contribution is -0.137. The van der Waals surface area contributed by atoms with E-state index < -0.39 is 24.8 Å². The smallest absolute Gasteiger partial charge is 0.309 e. The van der Waals surface area contributed by atoms with E-state index in [2.05, 4.69) is 141 Å². The summed E-state index contributed by atoms with van der Waals surface area (Å²) in [6, 6.07) is 8.35. The van der Waals surface area contributed by atoms with Gasteiger partial charge in [0.1, 0.15) is 14.3 Å². The number of nitrogens with zero attached hydrogens (tertiary/aromatic N) is 1. The minimum Gasteiger partial charge on any atom is -0.518 e. The van der Waals surface area contributed by atoms with Crippen molar-refractivity contribution in [2.24, 2.45) is 0 Å². The van der Waals surface area contributed by atoms with Gasteiger partial charge in [0.15, 0.2) is 8.24 Å². The Morgan fingerprint density at radius 3 is 1.86 bits per heavy atom. The van der Waals surface area contributed by atoms with Crippen molar-refractivity contribution in [3.63, 3.8) is 0 Å². The van der Waals surface area contributed by atoms with Crippen LogP contribution in [0.25, 0.3) is 10.9 Å². The number of rotatable bonds is 7. The van der Waals surface area contributed by atoms with Crippen LogP contribution in [0.3, 0.4) is 0 Å². The van der Waals surface area contributed by atoms with Gasteiger partial charge in [-0.1, -0.05) is 107 Å². The van der Waals surface area contributed by atoms with Crippen LogP contribution >= 0.6 is 0 Å². The van der Waals surface area contributed by atoms with Gasteiger partial charge in [0.25, 0.3) is 8.32 Å². The average molecular weight is 547 g/mol. The molecular formula is C29H54N2O2Si3. The molecule has 1 heterocycles. The van der Waals surface area contributed by atoms with Gasteiger partial charge in [-0.15, -0.1) is 0 Å². The van der Waals surface area contributed by atoms with Gasteiger partial charge in [-0.2, -0.15) is 0 Å². The molecule has 0 radical (unpaired) electrons. The second-order valence-electron chi connectivity index (χ2n) is 15.3. The number of carbonyl (C=O) groups excluding carboxylic acids is 1. The van der Waals surface area contributed by atoms with Crippen molar-refractivity contribution < 1.29 is 9.22 Å². The van der Waals surface area contributed by atoms with E-state index in [-0.39, 0.29) is 27.1 Å². The highest BCUT2D eigenvalue weighted by Crippen LogP contribution is 2.41. The number of benzene rings is 1. The molecule has 0 aliphatic carbocycles. The molecule has 2 aromatic rings. The molecular weight excluding hydrogens is 493 g/mol. The predicted octanol–water partition coefficient (Wildman–Crippen LogP) is 8.55. The maximum Gasteiger partial charge on any atom is 0.309 e. The van der Waals surface area contributed by atoms with Gasteiger partial charge in [0.05, 0.1) is 0 Å². The largest absolute Gasteiger partial charge is 0.518 e. The molecule has 0 spiro atoms. The summed E-state index contributed by atoms with van der Waals surface area (Å²) in [5.74, 6) is -0.0874. The van der Waals surface area contributed by atoms with Gasteiger partial charge >= 0.3 is 5.97 Å². The van der Waals surface area contributed by atoms with Crippen LogP contribution in [0.15, 0.2) is 30.5 Å².